The average Bonchev–Trinajstić information content (AvgIpc) is 3.13. The molecule has 0 amide bonds. The lowest BCUT2D eigenvalue weighted by Gasteiger charge is -2.50. The minimum atomic E-state index is -0.427. The highest BCUT2D eigenvalue weighted by atomic mass is 16.6. The molecule has 0 spiro atoms. The fraction of sp³-hybridized carbons (Fsp3) is 0.917. The van der Waals surface area contributed by atoms with Crippen molar-refractivity contribution in [2.24, 2.45) is 0 Å². The van der Waals surface area contributed by atoms with Crippen LogP contribution in [-0.4, -0.2) is 113 Å². The molecule has 3 fully saturated rings. The Morgan fingerprint density at radius 2 is 0.548 bits per heavy atom. The Morgan fingerprint density at radius 3 is 0.742 bits per heavy atom. The molecule has 3 saturated heterocycles. The Hall–Kier alpha value is -2.36. The molecule has 0 radical (unpaired) electrons. The van der Waals surface area contributed by atoms with E-state index < -0.39 is 33.2 Å². The van der Waals surface area contributed by atoms with E-state index in [1.54, 1.807) is 0 Å². The predicted octanol–water partition coefficient (Wildman–Crippen LogP) is 10.2. The van der Waals surface area contributed by atoms with Gasteiger partial charge in [-0.2, -0.15) is 15.2 Å². The molecule has 3 aliphatic heterocycles. The summed E-state index contributed by atoms with van der Waals surface area (Å²) in [6.45, 7) is 23.6. The van der Waals surface area contributed by atoms with Gasteiger partial charge in [0.25, 0.3) is 0 Å². The van der Waals surface area contributed by atoms with Gasteiger partial charge < -0.3 is 34.6 Å². The van der Waals surface area contributed by atoms with E-state index >= 15 is 0 Å². The molecule has 0 bridgehead atoms. The van der Waals surface area contributed by atoms with Gasteiger partial charge in [-0.05, 0) is 109 Å². The van der Waals surface area contributed by atoms with E-state index in [4.69, 9.17) is 14.2 Å². The van der Waals surface area contributed by atoms with Crippen LogP contribution in [0.4, 0.5) is 0 Å². The van der Waals surface area contributed by atoms with Gasteiger partial charge in [0.05, 0.1) is 7.11 Å². The van der Waals surface area contributed by atoms with Crippen LogP contribution in [0.5, 0.6) is 0 Å². The Kier molecular flexibility index (Phi) is 21.8. The van der Waals surface area contributed by atoms with Crippen LogP contribution in [-0.2, 0) is 38.1 Å². The van der Waals surface area contributed by atoms with Crippen molar-refractivity contribution in [3.8, 4) is 0 Å². The van der Waals surface area contributed by atoms with Gasteiger partial charge in [-0.3, -0.25) is 19.2 Å². The lowest BCUT2D eigenvalue weighted by molar-refractivity contribution is -0.259. The zero-order valence-electron chi connectivity index (χ0n) is 41.2. The van der Waals surface area contributed by atoms with Crippen molar-refractivity contribution in [2.75, 3.05) is 7.11 Å². The summed E-state index contributed by atoms with van der Waals surface area (Å²) in [7, 11) is 1.41. The molecule has 62 heavy (non-hydrogen) atoms. The Labute approximate surface area is 375 Å². The van der Waals surface area contributed by atoms with Gasteiger partial charge in [-0.1, -0.05) is 51.4 Å². The standard InChI is InChI=1S/C28H52N2O6.C20H37NO5/c1-25(2)17-21(18-26(3,4)29(25)33)35-23(31)15-13-11-9-10-12-14-16-24(32)36-22-19-27(5,6)30(34)28(7,8)20-22;1-19(2)14-16(15-20(3,4)21(19)24)26-18(23)13-11-9-7-6-8-10-12-17(22)25-5/h21-22,33-34H,9-20H2,1-8H3;16,24H,6-15H2,1-5H3. The van der Waals surface area contributed by atoms with Gasteiger partial charge >= 0.3 is 23.9 Å². The second-order valence-electron chi connectivity index (χ2n) is 22.2. The molecule has 3 rings (SSSR count). The van der Waals surface area contributed by atoms with Crippen molar-refractivity contribution in [3.05, 3.63) is 0 Å². The van der Waals surface area contributed by atoms with Crippen LogP contribution in [0.2, 0.25) is 0 Å². The van der Waals surface area contributed by atoms with E-state index in [2.05, 4.69) is 4.74 Å². The third kappa shape index (κ3) is 18.6. The largest absolute Gasteiger partial charge is 0.469 e. The van der Waals surface area contributed by atoms with Gasteiger partial charge in [-0.15, -0.1) is 0 Å². The van der Waals surface area contributed by atoms with Crippen LogP contribution >= 0.6 is 0 Å². The number of nitrogens with zero attached hydrogens (tertiary/aromatic N) is 3. The summed E-state index contributed by atoms with van der Waals surface area (Å²) < 4.78 is 21.7. The summed E-state index contributed by atoms with van der Waals surface area (Å²) in [6.07, 6.45) is 16.5. The minimum Gasteiger partial charge on any atom is -0.469 e. The fourth-order valence-corrected chi connectivity index (χ4v) is 10.1. The number of unbranched alkanes of at least 4 members (excludes halogenated alkanes) is 10. The van der Waals surface area contributed by atoms with Gasteiger partial charge in [-0.25, -0.2) is 0 Å². The molecular weight excluding hydrogens is 795 g/mol. The maximum absolute atomic E-state index is 12.3. The normalized spacial score (nSPS) is 22.5. The zero-order chi connectivity index (χ0) is 47.2. The van der Waals surface area contributed by atoms with Crippen molar-refractivity contribution in [2.45, 2.75) is 276 Å². The summed E-state index contributed by atoms with van der Waals surface area (Å²) in [6, 6.07) is 0. The molecule has 0 saturated carbocycles. The SMILES string of the molecule is CC1(C)CC(OC(=O)CCCCCCCCC(=O)OC2CC(C)(C)N(O)C(C)(C)C2)CC(C)(C)N1O.COC(=O)CCCCCCCCC(=O)OC1CC(C)(C)N(O)C(C)(C)C1. The van der Waals surface area contributed by atoms with Crippen molar-refractivity contribution in [1.82, 2.24) is 15.2 Å². The second-order valence-corrected chi connectivity index (χ2v) is 22.2. The molecule has 3 N–H and O–H groups in total. The smallest absolute Gasteiger partial charge is 0.306 e. The number of piperidine rings is 3. The van der Waals surface area contributed by atoms with Gasteiger partial charge in [0, 0.05) is 97.4 Å². The van der Waals surface area contributed by atoms with Crippen molar-refractivity contribution in [1.29, 1.82) is 0 Å². The number of hydroxylamine groups is 6. The number of ether oxygens (including phenoxy) is 4. The molecule has 362 valence electrons. The maximum atomic E-state index is 12.3. The molecule has 0 aliphatic carbocycles. The summed E-state index contributed by atoms with van der Waals surface area (Å²) in [5.41, 5.74) is -2.52. The van der Waals surface area contributed by atoms with E-state index in [-0.39, 0.29) is 42.2 Å². The number of rotatable bonds is 21. The van der Waals surface area contributed by atoms with E-state index in [1.807, 2.05) is 83.1 Å². The first kappa shape index (κ1) is 55.8. The molecule has 0 aromatic carbocycles. The van der Waals surface area contributed by atoms with Gasteiger partial charge in [0.2, 0.25) is 0 Å². The fourth-order valence-electron chi connectivity index (χ4n) is 10.1. The number of esters is 4. The van der Waals surface area contributed by atoms with Crippen LogP contribution in [0, 0.1) is 0 Å². The highest BCUT2D eigenvalue weighted by Gasteiger charge is 2.48. The van der Waals surface area contributed by atoms with Crippen LogP contribution < -0.4 is 0 Å². The third-order valence-corrected chi connectivity index (χ3v) is 12.9. The number of methoxy groups -OCH3 is 1. The molecule has 3 aliphatic rings. The molecule has 3 heterocycles. The maximum Gasteiger partial charge on any atom is 0.306 e. The topological polar surface area (TPSA) is 176 Å². The van der Waals surface area contributed by atoms with E-state index in [0.717, 1.165) is 77.0 Å². The molecular formula is C48H89N3O11. The Morgan fingerprint density at radius 1 is 0.371 bits per heavy atom. The molecule has 0 unspecified atom stereocenters. The zero-order valence-corrected chi connectivity index (χ0v) is 41.2. The Bertz CT molecular complexity index is 1300. The van der Waals surface area contributed by atoms with Crippen molar-refractivity contribution < 1.29 is 53.7 Å². The lowest BCUT2D eigenvalue weighted by Crippen LogP contribution is -2.60. The summed E-state index contributed by atoms with van der Waals surface area (Å²) in [5, 5.41) is 35.2. The first-order valence-corrected chi connectivity index (χ1v) is 23.7. The molecule has 0 aromatic rings. The lowest BCUT2D eigenvalue weighted by atomic mass is 9.80. The van der Waals surface area contributed by atoms with Crippen LogP contribution in [0.25, 0.3) is 0 Å². The monoisotopic (exact) mass is 884 g/mol. The minimum absolute atomic E-state index is 0.140. The van der Waals surface area contributed by atoms with Crippen molar-refractivity contribution in [3.63, 3.8) is 0 Å². The summed E-state index contributed by atoms with van der Waals surface area (Å²) >= 11 is 0. The van der Waals surface area contributed by atoms with E-state index in [0.29, 0.717) is 64.2 Å². The van der Waals surface area contributed by atoms with Crippen LogP contribution in [0.3, 0.4) is 0 Å². The first-order valence-electron chi connectivity index (χ1n) is 23.7. The number of carbonyl (C=O) groups is 4. The van der Waals surface area contributed by atoms with E-state index in [9.17, 15) is 34.8 Å². The molecule has 0 atom stereocenters. The Balaban J connectivity index is 0.000000451. The van der Waals surface area contributed by atoms with Gasteiger partial charge in [0.15, 0.2) is 0 Å². The molecule has 14 nitrogen and oxygen atoms in total. The second kappa shape index (κ2) is 24.2. The summed E-state index contributed by atoms with van der Waals surface area (Å²) in [5.74, 6) is -0.594. The first-order chi connectivity index (χ1) is 28.5. The number of hydrogen-bond donors (Lipinski definition) is 3. The highest BCUT2D eigenvalue weighted by Crippen LogP contribution is 2.40. The van der Waals surface area contributed by atoms with Crippen LogP contribution in [0.15, 0.2) is 0 Å². The summed E-state index contributed by atoms with van der Waals surface area (Å²) in [4.78, 5) is 47.7. The van der Waals surface area contributed by atoms with E-state index in [1.165, 1.54) is 22.3 Å². The predicted molar refractivity (Wildman–Crippen MR) is 239 cm³/mol. The highest BCUT2D eigenvalue weighted by molar-refractivity contribution is 5.70. The molecule has 0 aromatic heterocycles. The number of hydrogen-bond acceptors (Lipinski definition) is 14. The van der Waals surface area contributed by atoms with Crippen molar-refractivity contribution >= 4 is 23.9 Å². The average molecular weight is 884 g/mol. The van der Waals surface area contributed by atoms with Crippen LogP contribution in [0.1, 0.15) is 224 Å². The number of carbonyl (C=O) groups excluding carboxylic acids is 4. The van der Waals surface area contributed by atoms with Gasteiger partial charge in [0.1, 0.15) is 18.3 Å². The molecule has 14 heteroatoms. The quantitative estimate of drug-likeness (QED) is 0.0564. The third-order valence-electron chi connectivity index (χ3n) is 12.9.